The van der Waals surface area contributed by atoms with Gasteiger partial charge in [-0.05, 0) is 17.7 Å². The van der Waals surface area contributed by atoms with Crippen LogP contribution >= 0.6 is 0 Å². The predicted octanol–water partition coefficient (Wildman–Crippen LogP) is 0.974. The smallest absolute Gasteiger partial charge is 0.338 e. The van der Waals surface area contributed by atoms with Crippen LogP contribution in [0.25, 0.3) is 0 Å². The van der Waals surface area contributed by atoms with Crippen LogP contribution in [0.1, 0.15) is 15.9 Å². The van der Waals surface area contributed by atoms with Gasteiger partial charge in [-0.15, -0.1) is 0 Å². The van der Waals surface area contributed by atoms with E-state index in [0.29, 0.717) is 16.9 Å². The lowest BCUT2D eigenvalue weighted by Gasteiger charge is -2.07. The second-order valence-corrected chi connectivity index (χ2v) is 2.67. The summed E-state index contributed by atoms with van der Waals surface area (Å²) < 4.78 is 9.53. The number of ether oxygens (including phenoxy) is 2. The summed E-state index contributed by atoms with van der Waals surface area (Å²) in [4.78, 5) is 11.3. The molecule has 1 aromatic rings. The Hall–Kier alpha value is -1.55. The molecular formula is C10H12O4. The predicted molar refractivity (Wildman–Crippen MR) is 50.3 cm³/mol. The lowest BCUT2D eigenvalue weighted by molar-refractivity contribution is 0.0596. The van der Waals surface area contributed by atoms with E-state index in [4.69, 9.17) is 9.84 Å². The van der Waals surface area contributed by atoms with Crippen LogP contribution in [0.3, 0.4) is 0 Å². The second-order valence-electron chi connectivity index (χ2n) is 2.67. The summed E-state index contributed by atoms with van der Waals surface area (Å²) in [5, 5.41) is 8.98. The van der Waals surface area contributed by atoms with Crippen molar-refractivity contribution in [2.24, 2.45) is 0 Å². The summed E-state index contributed by atoms with van der Waals surface area (Å²) in [6.07, 6.45) is 0. The molecule has 0 fully saturated rings. The monoisotopic (exact) mass is 196 g/mol. The van der Waals surface area contributed by atoms with Crippen LogP contribution in [-0.4, -0.2) is 25.3 Å². The normalized spacial score (nSPS) is 9.64. The molecule has 1 aromatic carbocycles. The van der Waals surface area contributed by atoms with Crippen LogP contribution in [0.15, 0.2) is 18.2 Å². The van der Waals surface area contributed by atoms with Crippen molar-refractivity contribution in [3.05, 3.63) is 29.3 Å². The second kappa shape index (κ2) is 4.62. The van der Waals surface area contributed by atoms with Crippen molar-refractivity contribution in [2.45, 2.75) is 6.61 Å². The number of hydrogen-bond donors (Lipinski definition) is 1. The Bertz CT molecular complexity index is 333. The number of aliphatic hydroxyl groups excluding tert-OH is 1. The minimum Gasteiger partial charge on any atom is -0.497 e. The average molecular weight is 196 g/mol. The molecule has 0 spiro atoms. The van der Waals surface area contributed by atoms with Gasteiger partial charge in [0.1, 0.15) is 5.75 Å². The van der Waals surface area contributed by atoms with Gasteiger partial charge in [-0.1, -0.05) is 6.07 Å². The Morgan fingerprint density at radius 2 is 2.14 bits per heavy atom. The van der Waals surface area contributed by atoms with Crippen molar-refractivity contribution in [1.29, 1.82) is 0 Å². The highest BCUT2D eigenvalue weighted by Crippen LogP contribution is 2.18. The van der Waals surface area contributed by atoms with Gasteiger partial charge in [-0.2, -0.15) is 0 Å². The van der Waals surface area contributed by atoms with E-state index in [2.05, 4.69) is 4.74 Å². The highest BCUT2D eigenvalue weighted by atomic mass is 16.5. The Kier molecular flexibility index (Phi) is 3.48. The van der Waals surface area contributed by atoms with Gasteiger partial charge in [0, 0.05) is 0 Å². The molecule has 0 bridgehead atoms. The number of carbonyl (C=O) groups excluding carboxylic acids is 1. The zero-order valence-corrected chi connectivity index (χ0v) is 8.11. The molecule has 0 atom stereocenters. The summed E-state index contributed by atoms with van der Waals surface area (Å²) in [7, 11) is 2.80. The van der Waals surface area contributed by atoms with Crippen LogP contribution in [0.5, 0.6) is 5.75 Å². The van der Waals surface area contributed by atoms with Crippen molar-refractivity contribution in [1.82, 2.24) is 0 Å². The van der Waals surface area contributed by atoms with Gasteiger partial charge in [-0.3, -0.25) is 0 Å². The van der Waals surface area contributed by atoms with E-state index >= 15 is 0 Å². The SMILES string of the molecule is COC(=O)c1cc(OC)ccc1CO. The van der Waals surface area contributed by atoms with E-state index in [9.17, 15) is 4.79 Å². The topological polar surface area (TPSA) is 55.8 Å². The first-order valence-electron chi connectivity index (χ1n) is 4.09. The van der Waals surface area contributed by atoms with Gasteiger partial charge >= 0.3 is 5.97 Å². The molecule has 14 heavy (non-hydrogen) atoms. The van der Waals surface area contributed by atoms with E-state index in [1.54, 1.807) is 12.1 Å². The number of rotatable bonds is 3. The third-order valence-electron chi connectivity index (χ3n) is 1.89. The maximum Gasteiger partial charge on any atom is 0.338 e. The number of benzene rings is 1. The van der Waals surface area contributed by atoms with Gasteiger partial charge in [0.15, 0.2) is 0 Å². The molecule has 0 aromatic heterocycles. The third-order valence-corrected chi connectivity index (χ3v) is 1.89. The molecule has 0 unspecified atom stereocenters. The zero-order valence-electron chi connectivity index (χ0n) is 8.11. The molecule has 0 saturated heterocycles. The fraction of sp³-hybridized carbons (Fsp3) is 0.300. The Morgan fingerprint density at radius 3 is 2.64 bits per heavy atom. The molecule has 0 aliphatic heterocycles. The first-order chi connectivity index (χ1) is 6.72. The Morgan fingerprint density at radius 1 is 1.43 bits per heavy atom. The molecule has 76 valence electrons. The maximum atomic E-state index is 11.3. The molecule has 4 heteroatoms. The molecular weight excluding hydrogens is 184 g/mol. The largest absolute Gasteiger partial charge is 0.497 e. The number of esters is 1. The molecule has 0 saturated carbocycles. The molecule has 0 aliphatic carbocycles. The van der Waals surface area contributed by atoms with Gasteiger partial charge in [0.2, 0.25) is 0 Å². The summed E-state index contributed by atoms with van der Waals surface area (Å²) in [5.74, 6) is 0.0792. The molecule has 1 rings (SSSR count). The number of carbonyl (C=O) groups is 1. The van der Waals surface area contributed by atoms with Crippen molar-refractivity contribution in [2.75, 3.05) is 14.2 Å². The summed E-state index contributed by atoms with van der Waals surface area (Å²) in [6, 6.07) is 4.85. The lowest BCUT2D eigenvalue weighted by atomic mass is 10.1. The number of hydrogen-bond acceptors (Lipinski definition) is 4. The average Bonchev–Trinajstić information content (AvgIpc) is 2.27. The molecule has 0 heterocycles. The quantitative estimate of drug-likeness (QED) is 0.732. The summed E-state index contributed by atoms with van der Waals surface area (Å²) in [5.41, 5.74) is 0.854. The highest BCUT2D eigenvalue weighted by Gasteiger charge is 2.11. The van der Waals surface area contributed by atoms with E-state index < -0.39 is 5.97 Å². The Balaban J connectivity index is 3.14. The van der Waals surface area contributed by atoms with Crippen LogP contribution in [0.2, 0.25) is 0 Å². The van der Waals surface area contributed by atoms with Crippen LogP contribution < -0.4 is 4.74 Å². The van der Waals surface area contributed by atoms with Gasteiger partial charge in [-0.25, -0.2) is 4.79 Å². The fourth-order valence-electron chi connectivity index (χ4n) is 1.12. The lowest BCUT2D eigenvalue weighted by Crippen LogP contribution is -2.06. The third kappa shape index (κ3) is 2.03. The van der Waals surface area contributed by atoms with E-state index in [1.165, 1.54) is 20.3 Å². The number of methoxy groups -OCH3 is 2. The van der Waals surface area contributed by atoms with E-state index in [-0.39, 0.29) is 6.61 Å². The minimum atomic E-state index is -0.479. The van der Waals surface area contributed by atoms with Crippen molar-refractivity contribution in [3.63, 3.8) is 0 Å². The maximum absolute atomic E-state index is 11.3. The van der Waals surface area contributed by atoms with Gasteiger partial charge in [0.25, 0.3) is 0 Å². The first kappa shape index (κ1) is 10.5. The van der Waals surface area contributed by atoms with E-state index in [1.807, 2.05) is 0 Å². The Labute approximate surface area is 82.1 Å². The zero-order chi connectivity index (χ0) is 10.6. The minimum absolute atomic E-state index is 0.200. The number of aliphatic hydroxyl groups is 1. The van der Waals surface area contributed by atoms with Crippen LogP contribution in [0.4, 0.5) is 0 Å². The van der Waals surface area contributed by atoms with Crippen molar-refractivity contribution < 1.29 is 19.4 Å². The van der Waals surface area contributed by atoms with Crippen LogP contribution in [0, 0.1) is 0 Å². The van der Waals surface area contributed by atoms with E-state index in [0.717, 1.165) is 0 Å². The molecule has 0 aliphatic rings. The summed E-state index contributed by atoms with van der Waals surface area (Å²) in [6.45, 7) is -0.200. The summed E-state index contributed by atoms with van der Waals surface area (Å²) >= 11 is 0. The van der Waals surface area contributed by atoms with Crippen molar-refractivity contribution in [3.8, 4) is 5.75 Å². The van der Waals surface area contributed by atoms with Gasteiger partial charge < -0.3 is 14.6 Å². The fourth-order valence-corrected chi connectivity index (χ4v) is 1.12. The molecule has 1 N–H and O–H groups in total. The van der Waals surface area contributed by atoms with Crippen molar-refractivity contribution >= 4 is 5.97 Å². The standard InChI is InChI=1S/C10H12O4/c1-13-8-4-3-7(6-11)9(5-8)10(12)14-2/h3-5,11H,6H2,1-2H3. The molecule has 0 radical (unpaired) electrons. The molecule has 4 nitrogen and oxygen atoms in total. The molecule has 0 amide bonds. The highest BCUT2D eigenvalue weighted by molar-refractivity contribution is 5.91. The van der Waals surface area contributed by atoms with Gasteiger partial charge in [0.05, 0.1) is 26.4 Å². The first-order valence-corrected chi connectivity index (χ1v) is 4.09. The van der Waals surface area contributed by atoms with Crippen LogP contribution in [-0.2, 0) is 11.3 Å².